The van der Waals surface area contributed by atoms with Crippen molar-refractivity contribution in [2.24, 2.45) is 0 Å². The predicted molar refractivity (Wildman–Crippen MR) is 76.4 cm³/mol. The quantitative estimate of drug-likeness (QED) is 0.361. The third-order valence-electron chi connectivity index (χ3n) is 4.93. The van der Waals surface area contributed by atoms with E-state index < -0.39 is 60.5 Å². The highest BCUT2D eigenvalue weighted by atomic mass is 16.8. The van der Waals surface area contributed by atoms with Crippen molar-refractivity contribution in [2.75, 3.05) is 14.1 Å². The highest BCUT2D eigenvalue weighted by molar-refractivity contribution is 5.87. The van der Waals surface area contributed by atoms with Gasteiger partial charge < -0.3 is 40.2 Å². The van der Waals surface area contributed by atoms with E-state index in [0.717, 1.165) is 0 Å². The molecule has 1 aliphatic carbocycles. The number of fused-ring (bicyclic) bond motifs is 2. The molecule has 0 aromatic carbocycles. The first-order chi connectivity index (χ1) is 10.8. The van der Waals surface area contributed by atoms with E-state index in [-0.39, 0.29) is 6.42 Å². The van der Waals surface area contributed by atoms with Gasteiger partial charge in [0, 0.05) is 6.42 Å². The molecule has 1 saturated carbocycles. The van der Waals surface area contributed by atoms with E-state index in [4.69, 9.17) is 14.2 Å². The third-order valence-corrected chi connectivity index (χ3v) is 4.93. The molecule has 9 atom stereocenters. The van der Waals surface area contributed by atoms with Gasteiger partial charge in [0.05, 0.1) is 24.3 Å². The second-order valence-electron chi connectivity index (χ2n) is 6.40. The number of carbonyl (C=O) groups is 1. The van der Waals surface area contributed by atoms with E-state index in [1.807, 2.05) is 0 Å². The summed E-state index contributed by atoms with van der Waals surface area (Å²) in [7, 11) is 3.24. The highest BCUT2D eigenvalue weighted by Gasteiger charge is 2.63. The van der Waals surface area contributed by atoms with Crippen molar-refractivity contribution in [3.63, 3.8) is 0 Å². The van der Waals surface area contributed by atoms with Gasteiger partial charge in [-0.3, -0.25) is 4.79 Å². The van der Waals surface area contributed by atoms with Gasteiger partial charge in [-0.15, -0.1) is 0 Å². The lowest BCUT2D eigenvalue weighted by atomic mass is 9.80. The molecule has 0 aromatic heterocycles. The number of carbonyl (C=O) groups excluding carboxylic acids is 1. The molecule has 0 spiro atoms. The standard InChI is InChI=1S/C14H24N2O7/c1-5-4-6(17)14(20)13(21-5)22-12-10(19)7(15-2)9(18)8(16-3)11(12)23-14/h5,7-13,15-16,18-20H,4H2,1-3H3/t5-,7+,8-,9-,10-,11+,12+,13+,14-/m1/s1. The maximum Gasteiger partial charge on any atom is 0.280 e. The first-order valence-electron chi connectivity index (χ1n) is 7.78. The summed E-state index contributed by atoms with van der Waals surface area (Å²) >= 11 is 0. The van der Waals surface area contributed by atoms with Crippen LogP contribution in [0.15, 0.2) is 0 Å². The minimum atomic E-state index is -2.23. The second-order valence-corrected chi connectivity index (χ2v) is 6.40. The first-order valence-corrected chi connectivity index (χ1v) is 7.78. The molecule has 2 heterocycles. The predicted octanol–water partition coefficient (Wildman–Crippen LogP) is -2.93. The zero-order valence-electron chi connectivity index (χ0n) is 13.3. The Morgan fingerprint density at radius 3 is 2.35 bits per heavy atom. The van der Waals surface area contributed by atoms with Crippen molar-refractivity contribution >= 4 is 5.78 Å². The fourth-order valence-corrected chi connectivity index (χ4v) is 3.68. The molecular weight excluding hydrogens is 308 g/mol. The summed E-state index contributed by atoms with van der Waals surface area (Å²) in [4.78, 5) is 12.2. The van der Waals surface area contributed by atoms with E-state index in [1.54, 1.807) is 21.0 Å². The van der Waals surface area contributed by atoms with Crippen molar-refractivity contribution in [1.82, 2.24) is 10.6 Å². The SMILES string of the molecule is CN[C@H]1[C@@H](O)[C@@H](NC)[C@@H]2O[C@]3(O)C(=O)C[C@@H](C)O[C@H]3O[C@H]2[C@@H]1O. The molecule has 0 amide bonds. The Morgan fingerprint density at radius 1 is 1.09 bits per heavy atom. The second kappa shape index (κ2) is 6.01. The molecule has 0 radical (unpaired) electrons. The summed E-state index contributed by atoms with van der Waals surface area (Å²) in [6.45, 7) is 1.70. The number of hydrogen-bond donors (Lipinski definition) is 5. The van der Waals surface area contributed by atoms with Crippen LogP contribution in [0, 0.1) is 0 Å². The van der Waals surface area contributed by atoms with Crippen LogP contribution in [0.3, 0.4) is 0 Å². The van der Waals surface area contributed by atoms with Crippen molar-refractivity contribution < 1.29 is 34.3 Å². The third kappa shape index (κ3) is 2.52. The van der Waals surface area contributed by atoms with E-state index in [0.29, 0.717) is 0 Å². The molecule has 0 aromatic rings. The largest absolute Gasteiger partial charge is 0.390 e. The number of rotatable bonds is 2. The number of aliphatic hydroxyl groups excluding tert-OH is 2. The van der Waals surface area contributed by atoms with Gasteiger partial charge in [-0.05, 0) is 21.0 Å². The molecule has 9 nitrogen and oxygen atoms in total. The Labute approximate surface area is 133 Å². The number of likely N-dealkylation sites (N-methyl/N-ethyl adjacent to an activating group) is 2. The van der Waals surface area contributed by atoms with Crippen LogP contribution in [0.1, 0.15) is 13.3 Å². The summed E-state index contributed by atoms with van der Waals surface area (Å²) in [5.41, 5.74) is 0. The van der Waals surface area contributed by atoms with Gasteiger partial charge in [0.1, 0.15) is 18.3 Å². The Balaban J connectivity index is 1.92. The monoisotopic (exact) mass is 332 g/mol. The fourth-order valence-electron chi connectivity index (χ4n) is 3.68. The first kappa shape index (κ1) is 17.2. The van der Waals surface area contributed by atoms with Gasteiger partial charge in [-0.25, -0.2) is 0 Å². The van der Waals surface area contributed by atoms with Crippen molar-refractivity contribution in [2.45, 2.75) is 68.0 Å². The van der Waals surface area contributed by atoms with Gasteiger partial charge in [0.25, 0.3) is 5.79 Å². The molecule has 3 aliphatic rings. The van der Waals surface area contributed by atoms with E-state index in [9.17, 15) is 20.1 Å². The zero-order chi connectivity index (χ0) is 16.9. The molecule has 23 heavy (non-hydrogen) atoms. The molecule has 9 heteroatoms. The van der Waals surface area contributed by atoms with Crippen molar-refractivity contribution in [3.05, 3.63) is 0 Å². The average molecular weight is 332 g/mol. The van der Waals surface area contributed by atoms with Gasteiger partial charge in [-0.1, -0.05) is 0 Å². The maximum absolute atomic E-state index is 12.2. The number of Topliss-reactive ketones (excluding diaryl/α,β-unsaturated/α-hetero) is 1. The zero-order valence-corrected chi connectivity index (χ0v) is 13.3. The van der Waals surface area contributed by atoms with Gasteiger partial charge in [-0.2, -0.15) is 0 Å². The molecule has 132 valence electrons. The normalized spacial score (nSPS) is 53.6. The molecular formula is C14H24N2O7. The number of aliphatic hydroxyl groups is 3. The Bertz CT molecular complexity index is 478. The minimum Gasteiger partial charge on any atom is -0.390 e. The molecule has 0 unspecified atom stereocenters. The van der Waals surface area contributed by atoms with Crippen LogP contribution < -0.4 is 10.6 Å². The summed E-state index contributed by atoms with van der Waals surface area (Å²) in [6, 6.07) is -1.29. The van der Waals surface area contributed by atoms with Gasteiger partial charge >= 0.3 is 0 Å². The Morgan fingerprint density at radius 2 is 1.74 bits per heavy atom. The van der Waals surface area contributed by atoms with Crippen LogP contribution >= 0.6 is 0 Å². The van der Waals surface area contributed by atoms with Crippen LogP contribution in [-0.4, -0.2) is 89.9 Å². The lowest BCUT2D eigenvalue weighted by Crippen LogP contribution is -2.77. The van der Waals surface area contributed by atoms with Crippen LogP contribution in [0.2, 0.25) is 0 Å². The van der Waals surface area contributed by atoms with E-state index >= 15 is 0 Å². The van der Waals surface area contributed by atoms with Crippen LogP contribution in [-0.2, 0) is 19.0 Å². The molecule has 3 fully saturated rings. The van der Waals surface area contributed by atoms with Crippen molar-refractivity contribution in [3.8, 4) is 0 Å². The number of nitrogens with one attached hydrogen (secondary N) is 2. The van der Waals surface area contributed by atoms with Crippen molar-refractivity contribution in [1.29, 1.82) is 0 Å². The number of ether oxygens (including phenoxy) is 3. The minimum absolute atomic E-state index is 0.00220. The van der Waals surface area contributed by atoms with Gasteiger partial charge in [0.2, 0.25) is 6.29 Å². The lowest BCUT2D eigenvalue weighted by molar-refractivity contribution is -0.420. The van der Waals surface area contributed by atoms with Crippen LogP contribution in [0.4, 0.5) is 0 Å². The van der Waals surface area contributed by atoms with Crippen LogP contribution in [0.25, 0.3) is 0 Å². The number of ketones is 1. The van der Waals surface area contributed by atoms with Gasteiger partial charge in [0.15, 0.2) is 5.78 Å². The summed E-state index contributed by atoms with van der Waals surface area (Å²) in [6.07, 6.45) is -5.58. The molecule has 2 aliphatic heterocycles. The summed E-state index contributed by atoms with van der Waals surface area (Å²) in [5.74, 6) is -2.76. The summed E-state index contributed by atoms with van der Waals surface area (Å²) < 4.78 is 16.8. The smallest absolute Gasteiger partial charge is 0.280 e. The molecule has 3 rings (SSSR count). The summed E-state index contributed by atoms with van der Waals surface area (Å²) in [5, 5.41) is 37.2. The molecule has 0 bridgehead atoms. The topological polar surface area (TPSA) is 130 Å². The van der Waals surface area contributed by atoms with E-state index in [2.05, 4.69) is 10.6 Å². The van der Waals surface area contributed by atoms with Crippen LogP contribution in [0.5, 0.6) is 0 Å². The Kier molecular flexibility index (Phi) is 4.49. The fraction of sp³-hybridized carbons (Fsp3) is 0.929. The highest BCUT2D eigenvalue weighted by Crippen LogP contribution is 2.40. The average Bonchev–Trinajstić information content (AvgIpc) is 2.49. The lowest BCUT2D eigenvalue weighted by Gasteiger charge is -2.55. The molecule has 5 N–H and O–H groups in total. The van der Waals surface area contributed by atoms with E-state index in [1.165, 1.54) is 0 Å². The number of hydrogen-bond acceptors (Lipinski definition) is 9. The maximum atomic E-state index is 12.2. The molecule has 2 saturated heterocycles. The Hall–Kier alpha value is -0.650.